The second kappa shape index (κ2) is 6.75. The van der Waals surface area contributed by atoms with Gasteiger partial charge in [-0.3, -0.25) is 14.5 Å². The third-order valence-corrected chi connectivity index (χ3v) is 5.16. The molecule has 25 heavy (non-hydrogen) atoms. The zero-order chi connectivity index (χ0) is 18.2. The number of rotatable bonds is 2. The van der Waals surface area contributed by atoms with E-state index in [0.717, 1.165) is 13.1 Å². The molecule has 0 saturated carbocycles. The summed E-state index contributed by atoms with van der Waals surface area (Å²) in [7, 11) is 0. The molecule has 1 aromatic rings. The fraction of sp³-hybridized carbons (Fsp3) is 0.579. The lowest BCUT2D eigenvalue weighted by Crippen LogP contribution is -2.55. The van der Waals surface area contributed by atoms with E-state index in [0.29, 0.717) is 13.1 Å². The first-order valence-corrected chi connectivity index (χ1v) is 8.86. The predicted molar refractivity (Wildman–Crippen MR) is 94.8 cm³/mol. The summed E-state index contributed by atoms with van der Waals surface area (Å²) in [6, 6.07) is 6.22. The Bertz CT molecular complexity index is 663. The first-order valence-electron chi connectivity index (χ1n) is 8.86. The SMILES string of the molecule is CC(C)(C)N1CCN(C(=O)[C@@H]2CC(=O)N(c3ccccc3F)C2)CC1. The Kier molecular flexibility index (Phi) is 4.82. The van der Waals surface area contributed by atoms with Crippen molar-refractivity contribution < 1.29 is 14.0 Å². The summed E-state index contributed by atoms with van der Waals surface area (Å²) < 4.78 is 14.0. The van der Waals surface area contributed by atoms with Crippen molar-refractivity contribution in [2.45, 2.75) is 32.7 Å². The molecule has 2 aliphatic rings. The minimum Gasteiger partial charge on any atom is -0.340 e. The average Bonchev–Trinajstić information content (AvgIpc) is 2.95. The van der Waals surface area contributed by atoms with Crippen LogP contribution in [-0.4, -0.2) is 59.9 Å². The first kappa shape index (κ1) is 17.9. The van der Waals surface area contributed by atoms with E-state index < -0.39 is 5.82 Å². The van der Waals surface area contributed by atoms with Crippen molar-refractivity contribution in [3.63, 3.8) is 0 Å². The van der Waals surface area contributed by atoms with E-state index in [-0.39, 0.29) is 41.9 Å². The fourth-order valence-corrected chi connectivity index (χ4v) is 3.63. The van der Waals surface area contributed by atoms with Gasteiger partial charge in [0.25, 0.3) is 0 Å². The van der Waals surface area contributed by atoms with Gasteiger partial charge in [-0.25, -0.2) is 4.39 Å². The number of para-hydroxylation sites is 1. The van der Waals surface area contributed by atoms with E-state index in [1.54, 1.807) is 18.2 Å². The van der Waals surface area contributed by atoms with Crippen LogP contribution in [-0.2, 0) is 9.59 Å². The highest BCUT2D eigenvalue weighted by molar-refractivity contribution is 6.00. The van der Waals surface area contributed by atoms with Gasteiger partial charge in [0, 0.05) is 44.7 Å². The Hall–Kier alpha value is -1.95. The summed E-state index contributed by atoms with van der Waals surface area (Å²) in [6.07, 6.45) is 0.159. The van der Waals surface area contributed by atoms with Crippen LogP contribution in [0.25, 0.3) is 0 Å². The Morgan fingerprint density at radius 3 is 2.36 bits per heavy atom. The fourth-order valence-electron chi connectivity index (χ4n) is 3.63. The van der Waals surface area contributed by atoms with Crippen LogP contribution in [0.3, 0.4) is 0 Å². The van der Waals surface area contributed by atoms with E-state index in [9.17, 15) is 14.0 Å². The molecule has 0 bridgehead atoms. The van der Waals surface area contributed by atoms with Gasteiger partial charge in [-0.2, -0.15) is 0 Å². The molecule has 0 spiro atoms. The van der Waals surface area contributed by atoms with Gasteiger partial charge in [0.1, 0.15) is 5.82 Å². The van der Waals surface area contributed by atoms with E-state index in [4.69, 9.17) is 0 Å². The van der Waals surface area contributed by atoms with Gasteiger partial charge in [0.05, 0.1) is 11.6 Å². The van der Waals surface area contributed by atoms with Crippen LogP contribution in [0.4, 0.5) is 10.1 Å². The van der Waals surface area contributed by atoms with Crippen LogP contribution in [0.5, 0.6) is 0 Å². The lowest BCUT2D eigenvalue weighted by atomic mass is 10.0. The Morgan fingerprint density at radius 1 is 1.12 bits per heavy atom. The maximum Gasteiger partial charge on any atom is 0.228 e. The highest BCUT2D eigenvalue weighted by Crippen LogP contribution is 2.28. The second-order valence-electron chi connectivity index (χ2n) is 7.84. The van der Waals surface area contributed by atoms with Crippen molar-refractivity contribution in [2.24, 2.45) is 5.92 Å². The summed E-state index contributed by atoms with van der Waals surface area (Å²) in [5.41, 5.74) is 0.362. The van der Waals surface area contributed by atoms with Crippen LogP contribution in [0.15, 0.2) is 24.3 Å². The van der Waals surface area contributed by atoms with Crippen LogP contribution >= 0.6 is 0 Å². The quantitative estimate of drug-likeness (QED) is 0.823. The largest absolute Gasteiger partial charge is 0.340 e. The minimum atomic E-state index is -0.428. The van der Waals surface area contributed by atoms with Gasteiger partial charge in [-0.05, 0) is 32.9 Å². The number of hydrogen-bond acceptors (Lipinski definition) is 3. The third-order valence-electron chi connectivity index (χ3n) is 5.16. The smallest absolute Gasteiger partial charge is 0.228 e. The predicted octanol–water partition coefficient (Wildman–Crippen LogP) is 2.12. The average molecular weight is 347 g/mol. The molecule has 1 aromatic carbocycles. The molecule has 1 atom stereocenters. The van der Waals surface area contributed by atoms with Crippen LogP contribution in [0.1, 0.15) is 27.2 Å². The number of carbonyl (C=O) groups excluding carboxylic acids is 2. The number of amides is 2. The molecule has 5 nitrogen and oxygen atoms in total. The molecule has 0 unspecified atom stereocenters. The van der Waals surface area contributed by atoms with E-state index in [2.05, 4.69) is 25.7 Å². The maximum absolute atomic E-state index is 14.0. The second-order valence-corrected chi connectivity index (χ2v) is 7.84. The Morgan fingerprint density at radius 2 is 1.76 bits per heavy atom. The third kappa shape index (κ3) is 3.68. The number of piperazine rings is 1. The maximum atomic E-state index is 14.0. The number of halogens is 1. The Balaban J connectivity index is 1.63. The summed E-state index contributed by atoms with van der Waals surface area (Å²) in [5, 5.41) is 0. The molecule has 2 amide bonds. The zero-order valence-electron chi connectivity index (χ0n) is 15.2. The number of carbonyl (C=O) groups is 2. The molecule has 6 heteroatoms. The standard InChI is InChI=1S/C19H26FN3O2/c1-19(2,3)22-10-8-21(9-11-22)18(25)14-12-17(24)23(13-14)16-7-5-4-6-15(16)20/h4-7,14H,8-13H2,1-3H3/t14-/m1/s1. The van der Waals surface area contributed by atoms with Gasteiger partial charge in [-0.1, -0.05) is 12.1 Å². The van der Waals surface area contributed by atoms with Crippen molar-refractivity contribution in [3.8, 4) is 0 Å². The molecule has 2 saturated heterocycles. The van der Waals surface area contributed by atoms with Crippen molar-refractivity contribution in [3.05, 3.63) is 30.1 Å². The molecule has 3 rings (SSSR count). The number of anilines is 1. The lowest BCUT2D eigenvalue weighted by Gasteiger charge is -2.42. The van der Waals surface area contributed by atoms with Crippen molar-refractivity contribution in [2.75, 3.05) is 37.6 Å². The van der Waals surface area contributed by atoms with Gasteiger partial charge in [-0.15, -0.1) is 0 Å². The van der Waals surface area contributed by atoms with Gasteiger partial charge in [0.15, 0.2) is 0 Å². The molecule has 0 aromatic heterocycles. The monoisotopic (exact) mass is 347 g/mol. The van der Waals surface area contributed by atoms with E-state index in [1.807, 2.05) is 4.90 Å². The van der Waals surface area contributed by atoms with Crippen LogP contribution in [0, 0.1) is 11.7 Å². The van der Waals surface area contributed by atoms with Crippen LogP contribution in [0.2, 0.25) is 0 Å². The molecular formula is C19H26FN3O2. The van der Waals surface area contributed by atoms with Crippen molar-refractivity contribution in [1.82, 2.24) is 9.80 Å². The van der Waals surface area contributed by atoms with Crippen LogP contribution < -0.4 is 4.90 Å². The minimum absolute atomic E-state index is 0.0146. The van der Waals surface area contributed by atoms with Crippen molar-refractivity contribution >= 4 is 17.5 Å². The lowest BCUT2D eigenvalue weighted by molar-refractivity contribution is -0.138. The summed E-state index contributed by atoms with van der Waals surface area (Å²) in [6.45, 7) is 9.82. The topological polar surface area (TPSA) is 43.9 Å². The van der Waals surface area contributed by atoms with Gasteiger partial charge < -0.3 is 9.80 Å². The Labute approximate surface area is 148 Å². The molecule has 0 aliphatic carbocycles. The number of benzene rings is 1. The number of nitrogens with zero attached hydrogens (tertiary/aromatic N) is 3. The first-order chi connectivity index (χ1) is 11.8. The van der Waals surface area contributed by atoms with Gasteiger partial charge >= 0.3 is 0 Å². The van der Waals surface area contributed by atoms with E-state index in [1.165, 1.54) is 11.0 Å². The van der Waals surface area contributed by atoms with Gasteiger partial charge in [0.2, 0.25) is 11.8 Å². The van der Waals surface area contributed by atoms with Crippen molar-refractivity contribution in [1.29, 1.82) is 0 Å². The molecule has 2 fully saturated rings. The number of hydrogen-bond donors (Lipinski definition) is 0. The molecule has 2 heterocycles. The highest BCUT2D eigenvalue weighted by Gasteiger charge is 2.39. The molecule has 136 valence electrons. The molecular weight excluding hydrogens is 321 g/mol. The molecule has 2 aliphatic heterocycles. The normalized spacial score (nSPS) is 22.6. The summed E-state index contributed by atoms with van der Waals surface area (Å²) in [5.74, 6) is -0.978. The highest BCUT2D eigenvalue weighted by atomic mass is 19.1. The van der Waals surface area contributed by atoms with E-state index >= 15 is 0 Å². The summed E-state index contributed by atoms with van der Waals surface area (Å²) in [4.78, 5) is 30.7. The summed E-state index contributed by atoms with van der Waals surface area (Å²) >= 11 is 0. The zero-order valence-corrected chi connectivity index (χ0v) is 15.2. The molecule has 0 N–H and O–H groups in total. The molecule has 0 radical (unpaired) electrons.